The molecule has 0 spiro atoms. The van der Waals surface area contributed by atoms with E-state index in [0.29, 0.717) is 6.04 Å². The number of nitrogens with zero attached hydrogens (tertiary/aromatic N) is 1. The summed E-state index contributed by atoms with van der Waals surface area (Å²) in [7, 11) is 0. The van der Waals surface area contributed by atoms with Gasteiger partial charge in [0, 0.05) is 31.4 Å². The maximum Gasteiger partial charge on any atom is 0.0447 e. The Morgan fingerprint density at radius 3 is 3.00 bits per heavy atom. The van der Waals surface area contributed by atoms with Gasteiger partial charge in [0.15, 0.2) is 0 Å². The molecule has 2 N–H and O–H groups in total. The van der Waals surface area contributed by atoms with Crippen molar-refractivity contribution >= 4 is 5.69 Å². The molecular weight excluding hydrogens is 236 g/mol. The van der Waals surface area contributed by atoms with E-state index >= 15 is 0 Å². The molecule has 0 amide bonds. The summed E-state index contributed by atoms with van der Waals surface area (Å²) in [5.74, 6) is 0. The van der Waals surface area contributed by atoms with Crippen LogP contribution in [0.2, 0.25) is 0 Å². The first-order valence-electron chi connectivity index (χ1n) is 7.55. The van der Waals surface area contributed by atoms with Crippen molar-refractivity contribution in [2.45, 2.75) is 38.6 Å². The Kier molecular flexibility index (Phi) is 5.67. The largest absolute Gasteiger partial charge is 0.396 e. The zero-order valence-electron chi connectivity index (χ0n) is 11.9. The van der Waals surface area contributed by atoms with Crippen LogP contribution in [0, 0.1) is 0 Å². The molecule has 0 saturated carbocycles. The van der Waals surface area contributed by atoms with Gasteiger partial charge in [-0.2, -0.15) is 0 Å². The molecule has 0 aromatic heterocycles. The van der Waals surface area contributed by atoms with E-state index in [1.807, 2.05) is 0 Å². The van der Waals surface area contributed by atoms with Gasteiger partial charge in [0.1, 0.15) is 0 Å². The van der Waals surface area contributed by atoms with Gasteiger partial charge >= 0.3 is 0 Å². The molecule has 106 valence electrons. The van der Waals surface area contributed by atoms with Crippen molar-refractivity contribution in [3.05, 3.63) is 29.8 Å². The van der Waals surface area contributed by atoms with Crippen molar-refractivity contribution in [2.75, 3.05) is 31.1 Å². The summed E-state index contributed by atoms with van der Waals surface area (Å²) < 4.78 is 0. The minimum Gasteiger partial charge on any atom is -0.396 e. The minimum absolute atomic E-state index is 0.274. The summed E-state index contributed by atoms with van der Waals surface area (Å²) >= 11 is 0. The lowest BCUT2D eigenvalue weighted by molar-refractivity contribution is 0.289. The van der Waals surface area contributed by atoms with Crippen molar-refractivity contribution < 1.29 is 5.11 Å². The molecule has 19 heavy (non-hydrogen) atoms. The van der Waals surface area contributed by atoms with Crippen LogP contribution in [0.25, 0.3) is 0 Å². The molecule has 0 aliphatic carbocycles. The average molecular weight is 262 g/mol. The van der Waals surface area contributed by atoms with Gasteiger partial charge in [-0.05, 0) is 43.9 Å². The highest BCUT2D eigenvalue weighted by Crippen LogP contribution is 2.32. The van der Waals surface area contributed by atoms with Crippen LogP contribution >= 0.6 is 0 Å². The maximum atomic E-state index is 9.04. The highest BCUT2D eigenvalue weighted by Gasteiger charge is 2.21. The van der Waals surface area contributed by atoms with Crippen molar-refractivity contribution in [3.8, 4) is 0 Å². The fraction of sp³-hybridized carbons (Fsp3) is 0.625. The van der Waals surface area contributed by atoms with Crippen molar-refractivity contribution in [2.24, 2.45) is 0 Å². The summed E-state index contributed by atoms with van der Waals surface area (Å²) in [6.45, 7) is 5.62. The van der Waals surface area contributed by atoms with Crippen molar-refractivity contribution in [3.63, 3.8) is 0 Å². The summed E-state index contributed by atoms with van der Waals surface area (Å²) in [4.78, 5) is 2.43. The number of para-hydroxylation sites is 1. The molecule has 0 radical (unpaired) electrons. The zero-order chi connectivity index (χ0) is 13.5. The molecule has 1 aliphatic heterocycles. The fourth-order valence-corrected chi connectivity index (χ4v) is 2.86. The van der Waals surface area contributed by atoms with Crippen molar-refractivity contribution in [1.82, 2.24) is 5.32 Å². The van der Waals surface area contributed by atoms with Crippen LogP contribution < -0.4 is 10.2 Å². The lowest BCUT2D eigenvalue weighted by Gasteiger charge is -2.25. The smallest absolute Gasteiger partial charge is 0.0447 e. The van der Waals surface area contributed by atoms with Crippen LogP contribution in [0.5, 0.6) is 0 Å². The first kappa shape index (κ1) is 14.4. The summed E-state index contributed by atoms with van der Waals surface area (Å²) in [5, 5.41) is 12.7. The summed E-state index contributed by atoms with van der Waals surface area (Å²) in [5.41, 5.74) is 2.77. The summed E-state index contributed by atoms with van der Waals surface area (Å²) in [6, 6.07) is 9.20. The van der Waals surface area contributed by atoms with E-state index in [0.717, 1.165) is 26.1 Å². The van der Waals surface area contributed by atoms with E-state index in [9.17, 15) is 0 Å². The Labute approximate surface area is 116 Å². The van der Waals surface area contributed by atoms with Crippen LogP contribution in [-0.2, 0) is 0 Å². The van der Waals surface area contributed by atoms with Crippen LogP contribution in [0.3, 0.4) is 0 Å². The molecule has 3 heteroatoms. The zero-order valence-corrected chi connectivity index (χ0v) is 11.9. The van der Waals surface area contributed by atoms with Gasteiger partial charge in [-0.15, -0.1) is 0 Å². The number of hydrogen-bond acceptors (Lipinski definition) is 3. The second kappa shape index (κ2) is 7.51. The molecule has 1 atom stereocenters. The van der Waals surface area contributed by atoms with Crippen LogP contribution in [0.1, 0.15) is 44.2 Å². The Bertz CT molecular complexity index is 346. The van der Waals surface area contributed by atoms with Crippen LogP contribution in [0.15, 0.2) is 24.3 Å². The highest BCUT2D eigenvalue weighted by atomic mass is 16.3. The number of aliphatic hydroxyl groups excluding tert-OH is 1. The Hall–Kier alpha value is -1.06. The van der Waals surface area contributed by atoms with Gasteiger partial charge in [-0.25, -0.2) is 0 Å². The van der Waals surface area contributed by atoms with E-state index in [1.165, 1.54) is 30.5 Å². The Balaban J connectivity index is 2.18. The van der Waals surface area contributed by atoms with Gasteiger partial charge in [-0.1, -0.05) is 25.1 Å². The number of hydrogen-bond donors (Lipinski definition) is 2. The van der Waals surface area contributed by atoms with Gasteiger partial charge < -0.3 is 15.3 Å². The minimum atomic E-state index is 0.274. The standard InChI is InChI=1S/C16H26N2O/c1-2-10-17-15-8-5-11-18(12-6-13-19)16-9-4-3-7-14(15)16/h3-4,7,9,15,17,19H,2,5-6,8,10-13H2,1H3. The topological polar surface area (TPSA) is 35.5 Å². The number of nitrogens with one attached hydrogen (secondary N) is 1. The number of benzene rings is 1. The average Bonchev–Trinajstić information content (AvgIpc) is 2.62. The molecule has 1 aliphatic rings. The highest BCUT2D eigenvalue weighted by molar-refractivity contribution is 5.55. The second-order valence-electron chi connectivity index (χ2n) is 5.27. The second-order valence-corrected chi connectivity index (χ2v) is 5.27. The van der Waals surface area contributed by atoms with Gasteiger partial charge in [0.2, 0.25) is 0 Å². The third kappa shape index (κ3) is 3.71. The van der Waals surface area contributed by atoms with E-state index < -0.39 is 0 Å². The first-order valence-corrected chi connectivity index (χ1v) is 7.55. The van der Waals surface area contributed by atoms with Crippen LogP contribution in [0.4, 0.5) is 5.69 Å². The van der Waals surface area contributed by atoms with Crippen molar-refractivity contribution in [1.29, 1.82) is 0 Å². The maximum absolute atomic E-state index is 9.04. The third-order valence-corrected chi connectivity index (χ3v) is 3.80. The lowest BCUT2D eigenvalue weighted by atomic mass is 10.0. The Morgan fingerprint density at radius 2 is 2.21 bits per heavy atom. The predicted octanol–water partition coefficient (Wildman–Crippen LogP) is 2.71. The molecule has 0 saturated heterocycles. The third-order valence-electron chi connectivity index (χ3n) is 3.80. The molecular formula is C16H26N2O. The van der Waals surface area contributed by atoms with E-state index in [1.54, 1.807) is 0 Å². The SMILES string of the molecule is CCCNC1CCCN(CCCO)c2ccccc21. The molecule has 3 nitrogen and oxygen atoms in total. The molecule has 1 aromatic carbocycles. The molecule has 0 fully saturated rings. The molecule has 1 unspecified atom stereocenters. The monoisotopic (exact) mass is 262 g/mol. The number of fused-ring (bicyclic) bond motifs is 1. The van der Waals surface area contributed by atoms with Gasteiger partial charge in [0.05, 0.1) is 0 Å². The number of anilines is 1. The summed E-state index contributed by atoms with van der Waals surface area (Å²) in [6.07, 6.45) is 4.43. The van der Waals surface area contributed by atoms with E-state index in [-0.39, 0.29) is 6.61 Å². The molecule has 1 aromatic rings. The van der Waals surface area contributed by atoms with E-state index in [4.69, 9.17) is 5.11 Å². The van der Waals surface area contributed by atoms with Gasteiger partial charge in [-0.3, -0.25) is 0 Å². The van der Waals surface area contributed by atoms with Gasteiger partial charge in [0.25, 0.3) is 0 Å². The molecule has 0 bridgehead atoms. The molecule has 1 heterocycles. The predicted molar refractivity (Wildman–Crippen MR) is 80.6 cm³/mol. The number of aliphatic hydroxyl groups is 1. The fourth-order valence-electron chi connectivity index (χ4n) is 2.86. The number of rotatable bonds is 6. The molecule has 2 rings (SSSR count). The normalized spacial score (nSPS) is 19.1. The Morgan fingerprint density at radius 1 is 1.37 bits per heavy atom. The van der Waals surface area contributed by atoms with E-state index in [2.05, 4.69) is 41.4 Å². The quantitative estimate of drug-likeness (QED) is 0.827. The van der Waals surface area contributed by atoms with Crippen LogP contribution in [-0.4, -0.2) is 31.3 Å². The lowest BCUT2D eigenvalue weighted by Crippen LogP contribution is -2.26. The first-order chi connectivity index (χ1) is 9.36.